The van der Waals surface area contributed by atoms with Gasteiger partial charge in [-0.3, -0.25) is 0 Å². The number of aromatic nitrogens is 1. The SMILES string of the molecule is C=CC=CCc1cccc(-c2cccc(-c3ccc(N(c4ccc(-c5cccc(-c6cccc(-c7ccccc7)c6)c5)cc4)c4ccc(-c5cccc(-n6c7ccccc7c7ccccc76)c5)cc4)cc3)c2)c1. The average Bonchev–Trinajstić information content (AvgIpc) is 3.81. The first kappa shape index (κ1) is 44.7. The van der Waals surface area contributed by atoms with Crippen LogP contribution in [0.1, 0.15) is 5.56 Å². The minimum absolute atomic E-state index is 0.873. The summed E-state index contributed by atoms with van der Waals surface area (Å²) in [6.45, 7) is 3.82. The highest BCUT2D eigenvalue weighted by molar-refractivity contribution is 6.09. The summed E-state index contributed by atoms with van der Waals surface area (Å²) in [7, 11) is 0. The normalized spacial score (nSPS) is 11.3. The summed E-state index contributed by atoms with van der Waals surface area (Å²) in [6, 6.07) is 99.3. The number of para-hydroxylation sites is 2. The van der Waals surface area contributed by atoms with Crippen molar-refractivity contribution in [2.24, 2.45) is 0 Å². The van der Waals surface area contributed by atoms with Gasteiger partial charge < -0.3 is 9.47 Å². The number of hydrogen-bond acceptors (Lipinski definition) is 1. The summed E-state index contributed by atoms with van der Waals surface area (Å²) in [4.78, 5) is 2.36. The fraction of sp³-hybridized carbons (Fsp3) is 0.0141. The number of nitrogens with zero attached hydrogens (tertiary/aromatic N) is 2. The second-order valence-corrected chi connectivity index (χ2v) is 18.6. The van der Waals surface area contributed by atoms with Gasteiger partial charge in [0.1, 0.15) is 0 Å². The van der Waals surface area contributed by atoms with E-state index < -0.39 is 0 Å². The smallest absolute Gasteiger partial charge is 0.0541 e. The molecule has 0 bridgehead atoms. The molecule has 0 spiro atoms. The number of rotatable bonds is 13. The Morgan fingerprint density at radius 2 is 0.671 bits per heavy atom. The number of anilines is 3. The molecule has 346 valence electrons. The molecule has 12 aromatic rings. The third-order valence-corrected chi connectivity index (χ3v) is 14.0. The number of allylic oxidation sites excluding steroid dienone is 3. The van der Waals surface area contributed by atoms with E-state index in [9.17, 15) is 0 Å². The van der Waals surface area contributed by atoms with Crippen LogP contribution in [0.3, 0.4) is 0 Å². The summed E-state index contributed by atoms with van der Waals surface area (Å²) >= 11 is 0. The van der Waals surface area contributed by atoms with Gasteiger partial charge in [-0.15, -0.1) is 0 Å². The van der Waals surface area contributed by atoms with Gasteiger partial charge in [-0.25, -0.2) is 0 Å². The molecule has 0 saturated heterocycles. The molecular formula is C71H52N2. The Bertz CT molecular complexity index is 3880. The molecule has 12 rings (SSSR count). The van der Waals surface area contributed by atoms with Gasteiger partial charge in [0, 0.05) is 33.5 Å². The zero-order valence-electron chi connectivity index (χ0n) is 40.5. The lowest BCUT2D eigenvalue weighted by Gasteiger charge is -2.26. The first-order valence-corrected chi connectivity index (χ1v) is 25.1. The predicted octanol–water partition coefficient (Wildman–Crippen LogP) is 19.5. The largest absolute Gasteiger partial charge is 0.311 e. The van der Waals surface area contributed by atoms with E-state index in [0.717, 1.165) is 40.3 Å². The van der Waals surface area contributed by atoms with Gasteiger partial charge in [0.2, 0.25) is 0 Å². The molecule has 0 unspecified atom stereocenters. The number of hydrogen-bond donors (Lipinski definition) is 0. The van der Waals surface area contributed by atoms with Crippen molar-refractivity contribution in [2.75, 3.05) is 4.90 Å². The Hall–Kier alpha value is -9.50. The lowest BCUT2D eigenvalue weighted by atomic mass is 9.96. The van der Waals surface area contributed by atoms with Crippen molar-refractivity contribution in [3.63, 3.8) is 0 Å². The first-order chi connectivity index (χ1) is 36.1. The van der Waals surface area contributed by atoms with Crippen LogP contribution in [0.2, 0.25) is 0 Å². The molecule has 0 aliphatic rings. The van der Waals surface area contributed by atoms with Crippen LogP contribution in [-0.4, -0.2) is 4.57 Å². The third kappa shape index (κ3) is 9.22. The van der Waals surface area contributed by atoms with E-state index in [2.05, 4.69) is 295 Å². The standard InChI is InChI=1S/C71H52N2/c1-2-3-5-17-51-18-12-21-56(46-51)60-25-14-23-58(48-60)53-34-40-64(41-35-53)72(65-42-36-54(37-43-65)59-24-15-27-62(49-59)61-26-13-22-57(47-61)52-19-6-4-7-20-52)66-44-38-55(39-45-66)63-28-16-29-67(50-63)73-70-32-10-8-30-68(70)69-31-9-11-33-71(69)73/h2-16,18-50H,1,17H2. The van der Waals surface area contributed by atoms with E-state index in [4.69, 9.17) is 0 Å². The zero-order chi connectivity index (χ0) is 48.9. The fourth-order valence-electron chi connectivity index (χ4n) is 10.3. The van der Waals surface area contributed by atoms with Gasteiger partial charge in [-0.05, 0) is 158 Å². The average molecular weight is 933 g/mol. The highest BCUT2D eigenvalue weighted by atomic mass is 15.1. The molecule has 0 amide bonds. The van der Waals surface area contributed by atoms with Gasteiger partial charge in [-0.2, -0.15) is 0 Å². The predicted molar refractivity (Wildman–Crippen MR) is 311 cm³/mol. The molecule has 73 heavy (non-hydrogen) atoms. The van der Waals surface area contributed by atoms with Gasteiger partial charge in [0.15, 0.2) is 0 Å². The topological polar surface area (TPSA) is 8.17 Å². The molecule has 0 aliphatic carbocycles. The molecule has 11 aromatic carbocycles. The second-order valence-electron chi connectivity index (χ2n) is 18.6. The summed E-state index contributed by atoms with van der Waals surface area (Å²) in [5, 5.41) is 2.52. The van der Waals surface area contributed by atoms with E-state index in [0.29, 0.717) is 0 Å². The Balaban J connectivity index is 0.878. The van der Waals surface area contributed by atoms with Crippen LogP contribution in [-0.2, 0) is 6.42 Å². The quantitative estimate of drug-likeness (QED) is 0.105. The van der Waals surface area contributed by atoms with E-state index in [1.807, 2.05) is 12.2 Å². The van der Waals surface area contributed by atoms with Crippen molar-refractivity contribution in [3.05, 3.63) is 303 Å². The molecular weight excluding hydrogens is 881 g/mol. The Morgan fingerprint density at radius 3 is 1.14 bits per heavy atom. The maximum Gasteiger partial charge on any atom is 0.0541 e. The number of benzene rings is 11. The molecule has 2 nitrogen and oxygen atoms in total. The molecule has 0 saturated carbocycles. The molecule has 2 heteroatoms. The van der Waals surface area contributed by atoms with E-state index in [-0.39, 0.29) is 0 Å². The lowest BCUT2D eigenvalue weighted by molar-refractivity contribution is 1.18. The summed E-state index contributed by atoms with van der Waals surface area (Å²) in [5.74, 6) is 0. The molecule has 0 N–H and O–H groups in total. The van der Waals surface area contributed by atoms with Crippen LogP contribution in [0, 0.1) is 0 Å². The van der Waals surface area contributed by atoms with Gasteiger partial charge in [0.25, 0.3) is 0 Å². The van der Waals surface area contributed by atoms with Crippen molar-refractivity contribution < 1.29 is 0 Å². The van der Waals surface area contributed by atoms with Crippen LogP contribution < -0.4 is 4.90 Å². The Kier molecular flexibility index (Phi) is 12.3. The molecule has 0 radical (unpaired) electrons. The first-order valence-electron chi connectivity index (χ1n) is 25.1. The van der Waals surface area contributed by atoms with Crippen molar-refractivity contribution in [3.8, 4) is 72.4 Å². The van der Waals surface area contributed by atoms with Crippen molar-refractivity contribution in [2.45, 2.75) is 6.42 Å². The molecule has 0 atom stereocenters. The Morgan fingerprint density at radius 1 is 0.315 bits per heavy atom. The van der Waals surface area contributed by atoms with E-state index in [1.165, 1.54) is 83.0 Å². The molecule has 0 fully saturated rings. The summed E-state index contributed by atoms with van der Waals surface area (Å²) in [6.07, 6.45) is 6.85. The molecule has 1 aromatic heterocycles. The number of fused-ring (bicyclic) bond motifs is 3. The fourth-order valence-corrected chi connectivity index (χ4v) is 10.3. The Labute approximate surface area is 428 Å². The lowest BCUT2D eigenvalue weighted by Crippen LogP contribution is -2.09. The zero-order valence-corrected chi connectivity index (χ0v) is 40.5. The van der Waals surface area contributed by atoms with Crippen LogP contribution in [0.5, 0.6) is 0 Å². The van der Waals surface area contributed by atoms with Crippen molar-refractivity contribution in [1.82, 2.24) is 4.57 Å². The van der Waals surface area contributed by atoms with E-state index in [1.54, 1.807) is 0 Å². The van der Waals surface area contributed by atoms with Crippen LogP contribution in [0.25, 0.3) is 94.3 Å². The minimum atomic E-state index is 0.873. The van der Waals surface area contributed by atoms with Crippen LogP contribution in [0.15, 0.2) is 298 Å². The highest BCUT2D eigenvalue weighted by Gasteiger charge is 2.16. The highest BCUT2D eigenvalue weighted by Crippen LogP contribution is 2.40. The summed E-state index contributed by atoms with van der Waals surface area (Å²) in [5.41, 5.74) is 22.3. The van der Waals surface area contributed by atoms with Gasteiger partial charge in [-0.1, -0.05) is 219 Å². The maximum atomic E-state index is 3.82. The van der Waals surface area contributed by atoms with Crippen LogP contribution >= 0.6 is 0 Å². The van der Waals surface area contributed by atoms with Crippen molar-refractivity contribution in [1.29, 1.82) is 0 Å². The maximum absolute atomic E-state index is 3.82. The second kappa shape index (κ2) is 20.1. The van der Waals surface area contributed by atoms with E-state index >= 15 is 0 Å². The monoisotopic (exact) mass is 932 g/mol. The summed E-state index contributed by atoms with van der Waals surface area (Å²) < 4.78 is 2.38. The molecule has 1 heterocycles. The van der Waals surface area contributed by atoms with Crippen molar-refractivity contribution >= 4 is 38.9 Å². The third-order valence-electron chi connectivity index (χ3n) is 14.0. The van der Waals surface area contributed by atoms with Crippen LogP contribution in [0.4, 0.5) is 17.1 Å². The van der Waals surface area contributed by atoms with Gasteiger partial charge in [0.05, 0.1) is 11.0 Å². The molecule has 0 aliphatic heterocycles. The minimum Gasteiger partial charge on any atom is -0.311 e. The van der Waals surface area contributed by atoms with Gasteiger partial charge >= 0.3 is 0 Å².